The Morgan fingerprint density at radius 3 is 2.31 bits per heavy atom. The van der Waals surface area contributed by atoms with Crippen molar-refractivity contribution in [3.63, 3.8) is 0 Å². The molecule has 1 amide bonds. The van der Waals surface area contributed by atoms with Crippen LogP contribution in [0.2, 0.25) is 0 Å². The first-order valence-corrected chi connectivity index (χ1v) is 12.3. The lowest BCUT2D eigenvalue weighted by Gasteiger charge is -2.37. The van der Waals surface area contributed by atoms with Crippen molar-refractivity contribution < 1.29 is 13.6 Å². The number of anilines is 1. The van der Waals surface area contributed by atoms with Crippen LogP contribution in [-0.2, 0) is 11.2 Å². The Kier molecular flexibility index (Phi) is 6.48. The first-order valence-electron chi connectivity index (χ1n) is 12.3. The minimum absolute atomic E-state index is 0.0149. The van der Waals surface area contributed by atoms with Gasteiger partial charge in [-0.05, 0) is 73.9 Å². The van der Waals surface area contributed by atoms with Gasteiger partial charge in [-0.2, -0.15) is 0 Å². The number of piperazine rings is 1. The number of halogens is 2. The average molecular weight is 489 g/mol. The lowest BCUT2D eigenvalue weighted by Crippen LogP contribution is -2.50. The van der Waals surface area contributed by atoms with Gasteiger partial charge >= 0.3 is 0 Å². The Morgan fingerprint density at radius 1 is 0.944 bits per heavy atom. The first kappa shape index (κ1) is 24.0. The molecule has 1 aliphatic heterocycles. The van der Waals surface area contributed by atoms with E-state index in [0.29, 0.717) is 38.3 Å². The maximum absolute atomic E-state index is 14.2. The lowest BCUT2D eigenvalue weighted by atomic mass is 10.1. The number of hydrogen-bond acceptors (Lipinski definition) is 3. The van der Waals surface area contributed by atoms with Crippen LogP contribution in [0.3, 0.4) is 0 Å². The molecule has 0 radical (unpaired) electrons. The van der Waals surface area contributed by atoms with Gasteiger partial charge in [-0.15, -0.1) is 0 Å². The van der Waals surface area contributed by atoms with E-state index in [1.54, 1.807) is 24.3 Å². The maximum Gasteiger partial charge on any atom is 0.245 e. The van der Waals surface area contributed by atoms with E-state index >= 15 is 0 Å². The van der Waals surface area contributed by atoms with E-state index in [2.05, 4.69) is 26.0 Å². The van der Waals surface area contributed by atoms with Gasteiger partial charge < -0.3 is 14.4 Å². The van der Waals surface area contributed by atoms with Crippen molar-refractivity contribution in [3.8, 4) is 0 Å². The molecular formula is C29H30F2N4O. The van der Waals surface area contributed by atoms with E-state index in [-0.39, 0.29) is 17.5 Å². The van der Waals surface area contributed by atoms with Crippen LogP contribution < -0.4 is 4.90 Å². The Labute approximate surface area is 210 Å². The van der Waals surface area contributed by atoms with Gasteiger partial charge in [0.15, 0.2) is 0 Å². The van der Waals surface area contributed by atoms with Crippen LogP contribution in [0.25, 0.3) is 11.0 Å². The fourth-order valence-electron chi connectivity index (χ4n) is 4.99. The van der Waals surface area contributed by atoms with Gasteiger partial charge in [-0.25, -0.2) is 13.8 Å². The number of amides is 1. The number of aryl methyl sites for hydroxylation is 2. The first-order chi connectivity index (χ1) is 17.3. The standard InChI is InChI=1S/C29H30F2N4O/c1-19-16-25-27(17-20(19)2)35(28(32-25)18-22-8-10-23(30)11-9-22)21(3)29(36)34-14-12-33(13-15-34)26-7-5-4-6-24(26)31/h4-11,16-17,21H,12-15,18H2,1-3H3/t21-/m0/s1. The molecule has 2 heterocycles. The number of rotatable bonds is 5. The molecule has 0 spiro atoms. The van der Waals surface area contributed by atoms with Gasteiger partial charge in [0.1, 0.15) is 23.5 Å². The highest BCUT2D eigenvalue weighted by Crippen LogP contribution is 2.28. The summed E-state index contributed by atoms with van der Waals surface area (Å²) in [6.45, 7) is 8.22. The third-order valence-electron chi connectivity index (χ3n) is 7.18. The van der Waals surface area contributed by atoms with E-state index in [1.807, 2.05) is 27.4 Å². The van der Waals surface area contributed by atoms with Gasteiger partial charge in [0.05, 0.1) is 16.7 Å². The molecule has 0 bridgehead atoms. The topological polar surface area (TPSA) is 41.4 Å². The summed E-state index contributed by atoms with van der Waals surface area (Å²) < 4.78 is 29.7. The largest absolute Gasteiger partial charge is 0.366 e. The minimum Gasteiger partial charge on any atom is -0.366 e. The van der Waals surface area contributed by atoms with E-state index in [1.165, 1.54) is 18.2 Å². The summed E-state index contributed by atoms with van der Waals surface area (Å²) in [5.74, 6) is 0.261. The predicted molar refractivity (Wildman–Crippen MR) is 138 cm³/mol. The van der Waals surface area contributed by atoms with E-state index in [0.717, 1.165) is 33.5 Å². The molecule has 0 aliphatic carbocycles. The van der Waals surface area contributed by atoms with Crippen molar-refractivity contribution in [1.82, 2.24) is 14.5 Å². The Morgan fingerprint density at radius 2 is 1.61 bits per heavy atom. The lowest BCUT2D eigenvalue weighted by molar-refractivity contribution is -0.134. The second-order valence-corrected chi connectivity index (χ2v) is 9.57. The molecule has 186 valence electrons. The second kappa shape index (κ2) is 9.72. The molecule has 0 saturated carbocycles. The number of nitrogens with zero attached hydrogens (tertiary/aromatic N) is 4. The third kappa shape index (κ3) is 4.57. The van der Waals surface area contributed by atoms with Crippen molar-refractivity contribution in [2.75, 3.05) is 31.1 Å². The minimum atomic E-state index is -0.465. The zero-order valence-corrected chi connectivity index (χ0v) is 20.8. The summed E-state index contributed by atoms with van der Waals surface area (Å²) in [6, 6.07) is 16.8. The summed E-state index contributed by atoms with van der Waals surface area (Å²) in [6.07, 6.45) is 0.492. The molecule has 5 nitrogen and oxygen atoms in total. The van der Waals surface area contributed by atoms with Crippen molar-refractivity contribution in [2.24, 2.45) is 0 Å². The van der Waals surface area contributed by atoms with Crippen LogP contribution in [0.5, 0.6) is 0 Å². The van der Waals surface area contributed by atoms with Crippen molar-refractivity contribution in [2.45, 2.75) is 33.2 Å². The predicted octanol–water partition coefficient (Wildman–Crippen LogP) is 5.43. The van der Waals surface area contributed by atoms with E-state index < -0.39 is 6.04 Å². The number of para-hydroxylation sites is 1. The summed E-state index contributed by atoms with van der Waals surface area (Å²) in [4.78, 5) is 22.4. The molecule has 4 aromatic rings. The molecule has 0 N–H and O–H groups in total. The molecule has 36 heavy (non-hydrogen) atoms. The highest BCUT2D eigenvalue weighted by molar-refractivity contribution is 5.85. The molecule has 1 atom stereocenters. The molecule has 0 unspecified atom stereocenters. The monoisotopic (exact) mass is 488 g/mol. The molecule has 1 aromatic heterocycles. The number of imidazole rings is 1. The van der Waals surface area contributed by atoms with Gasteiger partial charge in [-0.1, -0.05) is 24.3 Å². The van der Waals surface area contributed by atoms with Gasteiger partial charge in [0.25, 0.3) is 0 Å². The fraction of sp³-hybridized carbons (Fsp3) is 0.310. The maximum atomic E-state index is 14.2. The number of hydrogen-bond donors (Lipinski definition) is 0. The van der Waals surface area contributed by atoms with Crippen LogP contribution in [0, 0.1) is 25.5 Å². The number of aromatic nitrogens is 2. The highest BCUT2D eigenvalue weighted by atomic mass is 19.1. The number of benzene rings is 3. The van der Waals surface area contributed by atoms with Gasteiger partial charge in [-0.3, -0.25) is 4.79 Å². The Bertz CT molecular complexity index is 1410. The molecule has 1 fully saturated rings. The average Bonchev–Trinajstić information content (AvgIpc) is 3.21. The second-order valence-electron chi connectivity index (χ2n) is 9.57. The van der Waals surface area contributed by atoms with Crippen LogP contribution in [-0.4, -0.2) is 46.5 Å². The zero-order valence-electron chi connectivity index (χ0n) is 20.8. The van der Waals surface area contributed by atoms with Crippen LogP contribution in [0.1, 0.15) is 35.5 Å². The number of carbonyl (C=O) groups excluding carboxylic acids is 1. The van der Waals surface area contributed by atoms with Crippen LogP contribution in [0.4, 0.5) is 14.5 Å². The van der Waals surface area contributed by atoms with Gasteiger partial charge in [0, 0.05) is 32.6 Å². The van der Waals surface area contributed by atoms with Crippen molar-refractivity contribution in [1.29, 1.82) is 0 Å². The summed E-state index contributed by atoms with van der Waals surface area (Å²) in [5.41, 5.74) is 5.55. The third-order valence-corrected chi connectivity index (χ3v) is 7.18. The quantitative estimate of drug-likeness (QED) is 0.376. The Balaban J connectivity index is 1.42. The fourth-order valence-corrected chi connectivity index (χ4v) is 4.99. The van der Waals surface area contributed by atoms with Crippen LogP contribution in [0.15, 0.2) is 60.7 Å². The zero-order chi connectivity index (χ0) is 25.4. The van der Waals surface area contributed by atoms with Gasteiger partial charge in [0.2, 0.25) is 5.91 Å². The summed E-state index contributed by atoms with van der Waals surface area (Å²) in [5, 5.41) is 0. The molecule has 5 rings (SSSR count). The van der Waals surface area contributed by atoms with E-state index in [9.17, 15) is 13.6 Å². The van der Waals surface area contributed by atoms with Crippen LogP contribution >= 0.6 is 0 Å². The van der Waals surface area contributed by atoms with Crippen molar-refractivity contribution >= 4 is 22.6 Å². The van der Waals surface area contributed by atoms with Crippen molar-refractivity contribution in [3.05, 3.63) is 94.8 Å². The normalized spacial score (nSPS) is 14.9. The summed E-state index contributed by atoms with van der Waals surface area (Å²) in [7, 11) is 0. The molecule has 7 heteroatoms. The number of fused-ring (bicyclic) bond motifs is 1. The molecule has 1 saturated heterocycles. The molecule has 1 aliphatic rings. The Hall–Kier alpha value is -3.74. The van der Waals surface area contributed by atoms with E-state index in [4.69, 9.17) is 4.98 Å². The molecular weight excluding hydrogens is 458 g/mol. The molecule has 3 aromatic carbocycles. The smallest absolute Gasteiger partial charge is 0.245 e. The summed E-state index contributed by atoms with van der Waals surface area (Å²) >= 11 is 0. The number of carbonyl (C=O) groups is 1. The SMILES string of the molecule is Cc1cc2nc(Cc3ccc(F)cc3)n([C@@H](C)C(=O)N3CCN(c4ccccc4F)CC3)c2cc1C. The highest BCUT2D eigenvalue weighted by Gasteiger charge is 2.29.